The topological polar surface area (TPSA) is 174 Å². The number of allylic oxidation sites excluding steroid dienone is 1. The van der Waals surface area contributed by atoms with Gasteiger partial charge in [0.25, 0.3) is 5.91 Å². The molecule has 4 N–H and O–H groups in total. The number of phenolic OH excluding ortho intramolecular Hbond substituents is 1. The number of carbonyl (C=O) groups excluding carboxylic acids is 1. The normalized spacial score (nSPS) is 23.8. The number of benzene rings is 3. The van der Waals surface area contributed by atoms with Crippen LogP contribution in [0.25, 0.3) is 0 Å². The summed E-state index contributed by atoms with van der Waals surface area (Å²) in [6.45, 7) is 4.54. The van der Waals surface area contributed by atoms with Crippen LogP contribution in [0.1, 0.15) is 77.9 Å². The number of aliphatic hydroxyl groups excluding tert-OH is 3. The number of phenols is 1. The number of unbranched alkanes of at least 4 members (excludes halogenated alkanes) is 2. The quantitative estimate of drug-likeness (QED) is 0.0549. The lowest BCUT2D eigenvalue weighted by atomic mass is 9.55. The van der Waals surface area contributed by atoms with Gasteiger partial charge in [-0.05, 0) is 91.1 Å². The largest absolute Gasteiger partial charge is 0.508 e. The number of amides is 1. The van der Waals surface area contributed by atoms with Gasteiger partial charge in [0, 0.05) is 43.2 Å². The monoisotopic (exact) mass is 793 g/mol. The molecule has 1 amide bonds. The first-order valence-electron chi connectivity index (χ1n) is 20.3. The molecule has 12 nitrogen and oxygen atoms in total. The average molecular weight is 794 g/mol. The standard InChI is InChI=1S/C46H55N3O9/c1-2-24-56-46-42(49(20-25-55-26-23-52)45(54)34-16-14-32(30-47)15-17-34)29-40(48-57-31-33-10-4-3-5-11-33)38-27-35(12-6-8-21-50)37(13-7-9-22-51)43(44(38)46)39-28-36(53)18-19-41(39)58-46/h2-5,10-11,14-19,27-28,35,37,42-44,50-53H,1,6-9,12-13,20-26,29,31H2. The fourth-order valence-electron chi connectivity index (χ4n) is 9.00. The molecule has 1 fully saturated rings. The van der Waals surface area contributed by atoms with E-state index in [9.17, 15) is 30.5 Å². The van der Waals surface area contributed by atoms with Crippen molar-refractivity contribution in [1.29, 1.82) is 5.26 Å². The molecule has 1 aliphatic heterocycles. The maximum atomic E-state index is 14.9. The van der Waals surface area contributed by atoms with Crippen molar-refractivity contribution in [1.82, 2.24) is 4.90 Å². The van der Waals surface area contributed by atoms with E-state index in [4.69, 9.17) is 24.2 Å². The molecule has 1 saturated carbocycles. The molecule has 3 aliphatic rings. The van der Waals surface area contributed by atoms with Crippen LogP contribution in [0.15, 0.2) is 102 Å². The van der Waals surface area contributed by atoms with Crippen molar-refractivity contribution in [3.05, 3.63) is 119 Å². The van der Waals surface area contributed by atoms with Gasteiger partial charge >= 0.3 is 0 Å². The van der Waals surface area contributed by atoms with Crippen LogP contribution in [-0.2, 0) is 20.9 Å². The van der Waals surface area contributed by atoms with Crippen molar-refractivity contribution in [3.63, 3.8) is 0 Å². The van der Waals surface area contributed by atoms with E-state index in [1.165, 1.54) is 0 Å². The third-order valence-corrected chi connectivity index (χ3v) is 11.5. The molecule has 0 radical (unpaired) electrons. The summed E-state index contributed by atoms with van der Waals surface area (Å²) >= 11 is 0. The van der Waals surface area contributed by atoms with Gasteiger partial charge in [-0.3, -0.25) is 4.79 Å². The number of nitriles is 1. The molecule has 0 saturated heterocycles. The number of rotatable bonds is 21. The molecule has 6 atom stereocenters. The Morgan fingerprint density at radius 3 is 2.45 bits per heavy atom. The first kappa shape index (κ1) is 42.6. The third-order valence-electron chi connectivity index (χ3n) is 11.5. The van der Waals surface area contributed by atoms with E-state index in [1.807, 2.05) is 30.3 Å². The van der Waals surface area contributed by atoms with Crippen LogP contribution in [0, 0.1) is 29.1 Å². The molecule has 3 aromatic rings. The Bertz CT molecular complexity index is 1930. The Kier molecular flexibility index (Phi) is 15.1. The zero-order valence-corrected chi connectivity index (χ0v) is 33.0. The Morgan fingerprint density at radius 1 is 0.983 bits per heavy atom. The second-order valence-corrected chi connectivity index (χ2v) is 15.1. The number of hydrogen-bond donors (Lipinski definition) is 4. The van der Waals surface area contributed by atoms with E-state index in [0.717, 1.165) is 42.4 Å². The average Bonchev–Trinajstić information content (AvgIpc) is 3.25. The van der Waals surface area contributed by atoms with E-state index in [1.54, 1.807) is 53.4 Å². The summed E-state index contributed by atoms with van der Waals surface area (Å²) in [4.78, 5) is 22.8. The highest BCUT2D eigenvalue weighted by molar-refractivity contribution is 6.03. The number of hydrogen-bond acceptors (Lipinski definition) is 11. The van der Waals surface area contributed by atoms with Crippen LogP contribution in [0.5, 0.6) is 11.5 Å². The predicted molar refractivity (Wildman–Crippen MR) is 218 cm³/mol. The van der Waals surface area contributed by atoms with Crippen molar-refractivity contribution < 1.29 is 44.3 Å². The van der Waals surface area contributed by atoms with Crippen molar-refractivity contribution in [2.75, 3.05) is 46.2 Å². The summed E-state index contributed by atoms with van der Waals surface area (Å²) in [6, 6.07) is 22.6. The molecule has 6 unspecified atom stereocenters. The molecule has 2 aliphatic carbocycles. The number of aromatic hydroxyl groups is 1. The van der Waals surface area contributed by atoms with Crippen molar-refractivity contribution in [2.45, 2.75) is 69.3 Å². The van der Waals surface area contributed by atoms with Gasteiger partial charge in [0.15, 0.2) is 0 Å². The molecular weight excluding hydrogens is 739 g/mol. The lowest BCUT2D eigenvalue weighted by Crippen LogP contribution is -2.70. The SMILES string of the molecule is C=CCOC12Oc3ccc(O)cc3C3C(CCCCO)C(CCCCO)C=C(C(=NOCc4ccccc4)CC1N(CCOCCO)C(=O)c1ccc(C#N)cc1)C32. The number of nitrogens with zero attached hydrogens (tertiary/aromatic N) is 3. The molecular formula is C46H55N3O9. The number of oxime groups is 1. The summed E-state index contributed by atoms with van der Waals surface area (Å²) in [6.07, 6.45) is 8.47. The molecule has 3 aromatic carbocycles. The van der Waals surface area contributed by atoms with Gasteiger partial charge in [-0.25, -0.2) is 0 Å². The highest BCUT2D eigenvalue weighted by Gasteiger charge is 2.65. The Hall–Kier alpha value is -5.03. The molecule has 308 valence electrons. The first-order chi connectivity index (χ1) is 28.4. The minimum Gasteiger partial charge on any atom is -0.508 e. The van der Waals surface area contributed by atoms with Gasteiger partial charge in [0.1, 0.15) is 24.1 Å². The molecule has 1 heterocycles. The van der Waals surface area contributed by atoms with E-state index in [2.05, 4.69) is 18.7 Å². The van der Waals surface area contributed by atoms with Crippen LogP contribution in [0.4, 0.5) is 0 Å². The van der Waals surface area contributed by atoms with Crippen LogP contribution in [0.3, 0.4) is 0 Å². The summed E-state index contributed by atoms with van der Waals surface area (Å²) < 4.78 is 19.9. The van der Waals surface area contributed by atoms with Crippen molar-refractivity contribution in [2.24, 2.45) is 22.9 Å². The fraction of sp³-hybridized carbons (Fsp3) is 0.457. The Balaban J connectivity index is 1.58. The van der Waals surface area contributed by atoms with Gasteiger partial charge < -0.3 is 44.4 Å². The predicted octanol–water partition coefficient (Wildman–Crippen LogP) is 6.25. The fourth-order valence-corrected chi connectivity index (χ4v) is 9.00. The maximum Gasteiger partial charge on any atom is 0.254 e. The molecule has 0 spiro atoms. The summed E-state index contributed by atoms with van der Waals surface area (Å²) in [7, 11) is 0. The molecule has 58 heavy (non-hydrogen) atoms. The Morgan fingerprint density at radius 2 is 1.74 bits per heavy atom. The second kappa shape index (κ2) is 20.6. The zero-order chi connectivity index (χ0) is 40.9. The highest BCUT2D eigenvalue weighted by atomic mass is 16.7. The minimum atomic E-state index is -1.50. The van der Waals surface area contributed by atoms with Crippen LogP contribution in [0.2, 0.25) is 0 Å². The maximum absolute atomic E-state index is 14.9. The lowest BCUT2D eigenvalue weighted by molar-refractivity contribution is -0.254. The third kappa shape index (κ3) is 9.46. The molecule has 6 rings (SSSR count). The number of ether oxygens (including phenoxy) is 3. The highest BCUT2D eigenvalue weighted by Crippen LogP contribution is 2.62. The van der Waals surface area contributed by atoms with Gasteiger partial charge in [-0.1, -0.05) is 60.5 Å². The molecule has 0 bridgehead atoms. The second-order valence-electron chi connectivity index (χ2n) is 15.1. The van der Waals surface area contributed by atoms with Crippen molar-refractivity contribution in [3.8, 4) is 17.6 Å². The van der Waals surface area contributed by atoms with Gasteiger partial charge in [0.05, 0.1) is 49.7 Å². The summed E-state index contributed by atoms with van der Waals surface area (Å²) in [5.74, 6) is -2.04. The zero-order valence-electron chi connectivity index (χ0n) is 33.0. The molecule has 0 aromatic heterocycles. The number of fused-ring (bicyclic) bond motifs is 2. The lowest BCUT2D eigenvalue weighted by Gasteiger charge is -2.60. The van der Waals surface area contributed by atoms with Crippen molar-refractivity contribution >= 4 is 11.6 Å². The summed E-state index contributed by atoms with van der Waals surface area (Å²) in [5, 5.41) is 54.6. The molecule has 12 heteroatoms. The first-order valence-corrected chi connectivity index (χ1v) is 20.3. The summed E-state index contributed by atoms with van der Waals surface area (Å²) in [5.41, 5.74) is 4.04. The van der Waals surface area contributed by atoms with E-state index in [-0.39, 0.29) is 88.6 Å². The van der Waals surface area contributed by atoms with Crippen LogP contribution < -0.4 is 4.74 Å². The van der Waals surface area contributed by atoms with E-state index < -0.39 is 17.7 Å². The Labute approximate surface area is 340 Å². The van der Waals surface area contributed by atoms with Gasteiger partial charge in [-0.15, -0.1) is 6.58 Å². The van der Waals surface area contributed by atoms with Crippen LogP contribution >= 0.6 is 0 Å². The van der Waals surface area contributed by atoms with E-state index in [0.29, 0.717) is 35.4 Å². The smallest absolute Gasteiger partial charge is 0.254 e. The van der Waals surface area contributed by atoms with Crippen LogP contribution in [-0.4, -0.2) is 95.0 Å². The number of carbonyl (C=O) groups is 1. The van der Waals surface area contributed by atoms with Gasteiger partial charge in [0.2, 0.25) is 5.79 Å². The van der Waals surface area contributed by atoms with Gasteiger partial charge in [-0.2, -0.15) is 5.26 Å². The van der Waals surface area contributed by atoms with E-state index >= 15 is 0 Å². The number of aliphatic hydroxyl groups is 3. The minimum absolute atomic E-state index is 0.00375.